The van der Waals surface area contributed by atoms with Crippen LogP contribution in [0, 0.1) is 0 Å². The fourth-order valence-electron chi connectivity index (χ4n) is 1.48. The maximum atomic E-state index is 9.22. The van der Waals surface area contributed by atoms with Gasteiger partial charge >= 0.3 is 0 Å². The zero-order chi connectivity index (χ0) is 16.0. The number of aryl methyl sites for hydroxylation is 1. The number of allylic oxidation sites excluding steroid dienone is 1. The maximum absolute atomic E-state index is 9.22. The summed E-state index contributed by atoms with van der Waals surface area (Å²) in [5.41, 5.74) is 1.26. The average molecular weight is 331 g/mol. The van der Waals surface area contributed by atoms with Crippen LogP contribution in [0.15, 0.2) is 30.0 Å². The number of methoxy groups -OCH3 is 1. The first-order valence-electron chi connectivity index (χ1n) is 5.89. The molecule has 0 saturated heterocycles. The van der Waals surface area contributed by atoms with Crippen LogP contribution in [0.25, 0.3) is 16.3 Å². The van der Waals surface area contributed by atoms with Crippen molar-refractivity contribution in [3.63, 3.8) is 0 Å². The van der Waals surface area contributed by atoms with Crippen LogP contribution in [0.4, 0.5) is 0 Å². The number of hydrogen-bond acceptors (Lipinski definition) is 6. The molecule has 2 rings (SSSR count). The average Bonchev–Trinajstić information content (AvgIpc) is 2.76. The minimum Gasteiger partial charge on any atom is -0.726 e. The van der Waals surface area contributed by atoms with Crippen LogP contribution in [0.5, 0.6) is 0 Å². The van der Waals surface area contributed by atoms with Gasteiger partial charge in [-0.1, -0.05) is 23.5 Å². The van der Waals surface area contributed by atoms with Crippen LogP contribution >= 0.6 is 11.3 Å². The quantitative estimate of drug-likeness (QED) is 0.371. The Bertz CT molecular complexity index is 734. The lowest BCUT2D eigenvalue weighted by molar-refractivity contribution is -0.642. The van der Waals surface area contributed by atoms with E-state index in [4.69, 9.17) is 4.74 Å². The van der Waals surface area contributed by atoms with E-state index < -0.39 is 10.4 Å². The molecule has 0 saturated carbocycles. The van der Waals surface area contributed by atoms with E-state index in [0.29, 0.717) is 0 Å². The first kappa shape index (κ1) is 17.6. The number of nitrogens with zero attached hydrogens (tertiary/aromatic N) is 1. The molecule has 0 spiro atoms. The van der Waals surface area contributed by atoms with Gasteiger partial charge in [-0.05, 0) is 13.0 Å². The van der Waals surface area contributed by atoms with Crippen LogP contribution < -0.4 is 4.57 Å². The second kappa shape index (κ2) is 7.51. The van der Waals surface area contributed by atoms with E-state index in [1.54, 1.807) is 18.4 Å². The highest BCUT2D eigenvalue weighted by molar-refractivity contribution is 7.80. The van der Waals surface area contributed by atoms with E-state index in [0.717, 1.165) is 12.9 Å². The zero-order valence-corrected chi connectivity index (χ0v) is 13.8. The van der Waals surface area contributed by atoms with E-state index in [9.17, 15) is 13.0 Å². The molecule has 8 heteroatoms. The minimum atomic E-state index is -4.41. The summed E-state index contributed by atoms with van der Waals surface area (Å²) in [6.45, 7) is 1.96. The van der Waals surface area contributed by atoms with Crippen molar-refractivity contribution >= 4 is 38.0 Å². The molecule has 0 bridgehead atoms. The van der Waals surface area contributed by atoms with Crippen LogP contribution in [-0.2, 0) is 26.4 Å². The summed E-state index contributed by atoms with van der Waals surface area (Å²) < 4.78 is 39.7. The van der Waals surface area contributed by atoms with Gasteiger partial charge in [0.15, 0.2) is 0 Å². The normalized spacial score (nSPS) is 12.0. The molecule has 1 heterocycles. The van der Waals surface area contributed by atoms with Gasteiger partial charge in [0.1, 0.15) is 11.7 Å². The van der Waals surface area contributed by atoms with Gasteiger partial charge in [-0.2, -0.15) is 4.57 Å². The molecule has 116 valence electrons. The molecule has 0 unspecified atom stereocenters. The third-order valence-electron chi connectivity index (χ3n) is 2.62. The lowest BCUT2D eigenvalue weighted by Crippen LogP contribution is -2.28. The Balaban J connectivity index is 0.000000315. The fourth-order valence-corrected chi connectivity index (χ4v) is 2.62. The molecule has 0 aliphatic heterocycles. The van der Waals surface area contributed by atoms with Crippen molar-refractivity contribution < 1.29 is 26.5 Å². The van der Waals surface area contributed by atoms with Crippen molar-refractivity contribution in [2.75, 3.05) is 14.2 Å². The largest absolute Gasteiger partial charge is 0.726 e. The highest BCUT2D eigenvalue weighted by atomic mass is 32.3. The number of para-hydroxylation sites is 1. The highest BCUT2D eigenvalue weighted by Crippen LogP contribution is 2.21. The van der Waals surface area contributed by atoms with E-state index in [1.165, 1.54) is 15.2 Å². The monoisotopic (exact) mass is 331 g/mol. The molecule has 0 fully saturated rings. The fraction of sp³-hybridized carbons (Fsp3) is 0.308. The standard InChI is InChI=1S/C12H14NOS.CH4O4S/c1-9(14-3)8-12-13(2)10-6-4-5-7-11(10)15-12;1-5-6(2,3)4/h4-8H,1-3H3;1H3,(H,2,3,4)/q+1;/p-1/b9-8-;. The molecular weight excluding hydrogens is 314 g/mol. The molecule has 0 radical (unpaired) electrons. The summed E-state index contributed by atoms with van der Waals surface area (Å²) in [4.78, 5) is 0. The molecule has 6 nitrogen and oxygen atoms in total. The van der Waals surface area contributed by atoms with E-state index in [-0.39, 0.29) is 0 Å². The minimum absolute atomic E-state index is 0.808. The molecule has 1 aromatic carbocycles. The molecule has 0 aliphatic carbocycles. The van der Waals surface area contributed by atoms with Crippen molar-refractivity contribution in [1.82, 2.24) is 0 Å². The first-order valence-corrected chi connectivity index (χ1v) is 8.04. The van der Waals surface area contributed by atoms with Gasteiger partial charge in [0, 0.05) is 6.07 Å². The smallest absolute Gasteiger partial charge is 0.265 e. The Kier molecular flexibility index (Phi) is 6.28. The number of fused-ring (bicyclic) bond motifs is 1. The van der Waals surface area contributed by atoms with Gasteiger partial charge in [-0.25, -0.2) is 8.42 Å². The van der Waals surface area contributed by atoms with Crippen LogP contribution in [0.1, 0.15) is 11.9 Å². The lowest BCUT2D eigenvalue weighted by atomic mass is 10.3. The number of rotatable bonds is 3. The summed E-state index contributed by atoms with van der Waals surface area (Å²) in [6.07, 6.45) is 2.06. The number of aromatic nitrogens is 1. The summed E-state index contributed by atoms with van der Waals surface area (Å²) in [7, 11) is 0.166. The topological polar surface area (TPSA) is 79.5 Å². The van der Waals surface area contributed by atoms with E-state index in [1.807, 2.05) is 6.92 Å². The van der Waals surface area contributed by atoms with Gasteiger partial charge in [0.25, 0.3) is 5.01 Å². The predicted octanol–water partition coefficient (Wildman–Crippen LogP) is 1.83. The Hall–Kier alpha value is -1.48. The number of ether oxygens (including phenoxy) is 1. The third-order valence-corrected chi connectivity index (χ3v) is 4.20. The Morgan fingerprint density at radius 1 is 1.33 bits per heavy atom. The lowest BCUT2D eigenvalue weighted by Gasteiger charge is -1.98. The molecule has 2 aromatic rings. The molecule has 0 atom stereocenters. The summed E-state index contributed by atoms with van der Waals surface area (Å²) in [5, 5.41) is 1.20. The van der Waals surface area contributed by atoms with Crippen LogP contribution in [-0.4, -0.2) is 27.2 Å². The van der Waals surface area contributed by atoms with Gasteiger partial charge in [0.2, 0.25) is 15.9 Å². The highest BCUT2D eigenvalue weighted by Gasteiger charge is 2.14. The summed E-state index contributed by atoms with van der Waals surface area (Å²) in [6, 6.07) is 8.39. The number of benzene rings is 1. The second-order valence-corrected chi connectivity index (χ2v) is 6.21. The summed E-state index contributed by atoms with van der Waals surface area (Å²) in [5.74, 6) is 0.928. The van der Waals surface area contributed by atoms with Crippen molar-refractivity contribution in [3.8, 4) is 0 Å². The Labute approximate surface area is 128 Å². The van der Waals surface area contributed by atoms with Crippen molar-refractivity contribution in [2.45, 2.75) is 6.92 Å². The molecule has 0 amide bonds. The molecule has 1 aromatic heterocycles. The Morgan fingerprint density at radius 2 is 1.90 bits per heavy atom. The second-order valence-electron chi connectivity index (χ2n) is 4.00. The maximum Gasteiger partial charge on any atom is 0.265 e. The van der Waals surface area contributed by atoms with E-state index in [2.05, 4.69) is 46.1 Å². The third kappa shape index (κ3) is 5.43. The molecular formula is C13H17NO5S2. The molecule has 0 aliphatic rings. The van der Waals surface area contributed by atoms with Crippen molar-refractivity contribution in [3.05, 3.63) is 35.0 Å². The van der Waals surface area contributed by atoms with E-state index >= 15 is 0 Å². The van der Waals surface area contributed by atoms with Gasteiger partial charge < -0.3 is 9.29 Å². The predicted molar refractivity (Wildman–Crippen MR) is 80.4 cm³/mol. The summed E-state index contributed by atoms with van der Waals surface area (Å²) >= 11 is 1.77. The van der Waals surface area contributed by atoms with Gasteiger partial charge in [0.05, 0.1) is 26.1 Å². The van der Waals surface area contributed by atoms with Crippen molar-refractivity contribution in [2.24, 2.45) is 7.05 Å². The number of hydrogen-bond donors (Lipinski definition) is 0. The first-order chi connectivity index (χ1) is 9.78. The zero-order valence-electron chi connectivity index (χ0n) is 12.2. The van der Waals surface area contributed by atoms with Gasteiger partial charge in [-0.15, -0.1) is 0 Å². The van der Waals surface area contributed by atoms with Gasteiger partial charge in [-0.3, -0.25) is 4.18 Å². The molecule has 21 heavy (non-hydrogen) atoms. The molecule has 0 N–H and O–H groups in total. The van der Waals surface area contributed by atoms with Crippen LogP contribution in [0.3, 0.4) is 0 Å². The van der Waals surface area contributed by atoms with Crippen LogP contribution in [0.2, 0.25) is 0 Å². The number of thiazole rings is 1. The SMILES string of the molecule is CO/C(C)=C\c1sc2ccccc2[n+]1C.COS(=O)(=O)[O-]. The Morgan fingerprint density at radius 3 is 2.38 bits per heavy atom. The van der Waals surface area contributed by atoms with Crippen molar-refractivity contribution in [1.29, 1.82) is 0 Å².